The van der Waals surface area contributed by atoms with Gasteiger partial charge in [0.25, 0.3) is 0 Å². The Morgan fingerprint density at radius 2 is 1.88 bits per heavy atom. The predicted octanol–water partition coefficient (Wildman–Crippen LogP) is 3.70. The van der Waals surface area contributed by atoms with E-state index in [1.165, 1.54) is 6.07 Å². The minimum Gasteiger partial charge on any atom is -0.323 e. The molecule has 0 spiro atoms. The van der Waals surface area contributed by atoms with Crippen molar-refractivity contribution in [2.24, 2.45) is 0 Å². The molecule has 2 aliphatic rings. The Bertz CT molecular complexity index is 821. The van der Waals surface area contributed by atoms with Gasteiger partial charge in [0, 0.05) is 12.1 Å². The maximum absolute atomic E-state index is 14.7. The monoisotopic (exact) mass is 364 g/mol. The average Bonchev–Trinajstić information content (AvgIpc) is 3.40. The summed E-state index contributed by atoms with van der Waals surface area (Å²) in [6.45, 7) is 1.36. The molecule has 0 bridgehead atoms. The number of rotatable bonds is 3. The zero-order chi connectivity index (χ0) is 16.7. The summed E-state index contributed by atoms with van der Waals surface area (Å²) in [5.41, 5.74) is 1.29. The van der Waals surface area contributed by atoms with Crippen molar-refractivity contribution >= 4 is 24.0 Å². The average molecular weight is 365 g/mol. The van der Waals surface area contributed by atoms with Gasteiger partial charge in [-0.3, -0.25) is 4.79 Å². The van der Waals surface area contributed by atoms with Crippen LogP contribution in [0.2, 0.25) is 0 Å². The minimum atomic E-state index is -0.866. The SMILES string of the molecule is Cl.O=C(Nc1ccc2c(c1F)CCNC2)C1(c2ccccc2F)CC1. The van der Waals surface area contributed by atoms with Crippen LogP contribution in [0.15, 0.2) is 36.4 Å². The van der Waals surface area contributed by atoms with Gasteiger partial charge in [-0.05, 0) is 49.1 Å². The van der Waals surface area contributed by atoms with Crippen LogP contribution in [0.3, 0.4) is 0 Å². The van der Waals surface area contributed by atoms with Gasteiger partial charge in [-0.25, -0.2) is 8.78 Å². The molecule has 3 nitrogen and oxygen atoms in total. The van der Waals surface area contributed by atoms with Crippen LogP contribution in [0, 0.1) is 11.6 Å². The number of benzene rings is 2. The molecule has 1 aliphatic heterocycles. The second-order valence-electron chi connectivity index (χ2n) is 6.51. The molecule has 2 aromatic carbocycles. The van der Waals surface area contributed by atoms with E-state index in [1.54, 1.807) is 24.3 Å². The van der Waals surface area contributed by atoms with Gasteiger partial charge in [-0.2, -0.15) is 0 Å². The Kier molecular flexibility index (Phi) is 4.80. The third kappa shape index (κ3) is 3.02. The number of hydrogen-bond donors (Lipinski definition) is 2. The fourth-order valence-electron chi connectivity index (χ4n) is 3.47. The number of halogens is 3. The lowest BCUT2D eigenvalue weighted by molar-refractivity contribution is -0.118. The molecule has 1 amide bonds. The van der Waals surface area contributed by atoms with E-state index in [1.807, 2.05) is 6.07 Å². The summed E-state index contributed by atoms with van der Waals surface area (Å²) in [6, 6.07) is 9.74. The third-order valence-corrected chi connectivity index (χ3v) is 5.03. The lowest BCUT2D eigenvalue weighted by atomic mass is 9.94. The molecule has 2 aromatic rings. The van der Waals surface area contributed by atoms with E-state index in [2.05, 4.69) is 10.6 Å². The highest BCUT2D eigenvalue weighted by atomic mass is 35.5. The van der Waals surface area contributed by atoms with Crippen molar-refractivity contribution in [3.05, 3.63) is 64.7 Å². The molecule has 1 heterocycles. The summed E-state index contributed by atoms with van der Waals surface area (Å²) in [7, 11) is 0. The number of carbonyl (C=O) groups excluding carboxylic acids is 1. The molecule has 25 heavy (non-hydrogen) atoms. The van der Waals surface area contributed by atoms with Gasteiger partial charge >= 0.3 is 0 Å². The first-order chi connectivity index (χ1) is 11.6. The number of amides is 1. The van der Waals surface area contributed by atoms with Crippen LogP contribution in [-0.2, 0) is 23.2 Å². The molecule has 1 aliphatic carbocycles. The van der Waals surface area contributed by atoms with E-state index in [0.717, 1.165) is 12.1 Å². The second-order valence-corrected chi connectivity index (χ2v) is 6.51. The third-order valence-electron chi connectivity index (χ3n) is 5.03. The van der Waals surface area contributed by atoms with E-state index < -0.39 is 5.41 Å². The van der Waals surface area contributed by atoms with E-state index >= 15 is 0 Å². The van der Waals surface area contributed by atoms with Gasteiger partial charge in [0.05, 0.1) is 11.1 Å². The van der Waals surface area contributed by atoms with Crippen molar-refractivity contribution in [3.8, 4) is 0 Å². The first-order valence-electron chi connectivity index (χ1n) is 8.19. The zero-order valence-electron chi connectivity index (χ0n) is 13.6. The van der Waals surface area contributed by atoms with E-state index in [-0.39, 0.29) is 35.6 Å². The summed E-state index contributed by atoms with van der Waals surface area (Å²) in [6.07, 6.45) is 1.76. The second kappa shape index (κ2) is 6.73. The van der Waals surface area contributed by atoms with Crippen LogP contribution in [0.25, 0.3) is 0 Å². The molecule has 6 heteroatoms. The number of hydrogen-bond acceptors (Lipinski definition) is 2. The number of nitrogens with one attached hydrogen (secondary N) is 2. The zero-order valence-corrected chi connectivity index (χ0v) is 14.4. The predicted molar refractivity (Wildman–Crippen MR) is 95.0 cm³/mol. The Labute approximate surface area is 151 Å². The molecule has 2 N–H and O–H groups in total. The van der Waals surface area contributed by atoms with Crippen LogP contribution < -0.4 is 10.6 Å². The van der Waals surface area contributed by atoms with Crippen molar-refractivity contribution in [2.75, 3.05) is 11.9 Å². The highest BCUT2D eigenvalue weighted by molar-refractivity contribution is 6.01. The van der Waals surface area contributed by atoms with Crippen molar-refractivity contribution in [1.82, 2.24) is 5.32 Å². The van der Waals surface area contributed by atoms with Crippen molar-refractivity contribution in [1.29, 1.82) is 0 Å². The smallest absolute Gasteiger partial charge is 0.235 e. The molecule has 0 atom stereocenters. The van der Waals surface area contributed by atoms with E-state index in [0.29, 0.717) is 36.9 Å². The summed E-state index contributed by atoms with van der Waals surface area (Å²) in [4.78, 5) is 12.7. The Balaban J connectivity index is 0.00000182. The maximum atomic E-state index is 14.7. The molecule has 132 valence electrons. The summed E-state index contributed by atoms with van der Waals surface area (Å²) in [5.74, 6) is -1.09. The normalized spacial score (nSPS) is 17.2. The van der Waals surface area contributed by atoms with Crippen LogP contribution in [0.1, 0.15) is 29.5 Å². The summed E-state index contributed by atoms with van der Waals surface area (Å²) < 4.78 is 28.8. The van der Waals surface area contributed by atoms with Gasteiger partial charge in [-0.15, -0.1) is 12.4 Å². The van der Waals surface area contributed by atoms with Crippen LogP contribution in [-0.4, -0.2) is 12.5 Å². The molecule has 0 saturated heterocycles. The topological polar surface area (TPSA) is 41.1 Å². The highest BCUT2D eigenvalue weighted by Crippen LogP contribution is 2.50. The molecule has 0 unspecified atom stereocenters. The largest absolute Gasteiger partial charge is 0.323 e. The molecular formula is C19H19ClF2N2O. The molecule has 0 aromatic heterocycles. The number of anilines is 1. The molecule has 1 fully saturated rings. The Morgan fingerprint density at radius 1 is 1.12 bits per heavy atom. The summed E-state index contributed by atoms with van der Waals surface area (Å²) in [5, 5.41) is 5.88. The molecule has 0 radical (unpaired) electrons. The lowest BCUT2D eigenvalue weighted by Gasteiger charge is -2.21. The number of carbonyl (C=O) groups is 1. The van der Waals surface area contributed by atoms with E-state index in [4.69, 9.17) is 0 Å². The Hall–Kier alpha value is -1.98. The maximum Gasteiger partial charge on any atom is 0.235 e. The quantitative estimate of drug-likeness (QED) is 0.871. The fraction of sp³-hybridized carbons (Fsp3) is 0.316. The highest BCUT2D eigenvalue weighted by Gasteiger charge is 2.52. The lowest BCUT2D eigenvalue weighted by Crippen LogP contribution is -2.30. The first kappa shape index (κ1) is 17.8. The molecular weight excluding hydrogens is 346 g/mol. The van der Waals surface area contributed by atoms with Gasteiger partial charge in [0.15, 0.2) is 0 Å². The standard InChI is InChI=1S/C19H18F2N2O.ClH/c20-15-4-2-1-3-14(15)19(8-9-19)18(24)23-16-6-5-12-11-22-10-7-13(12)17(16)21;/h1-6,22H,7-11H2,(H,23,24);1H. The van der Waals surface area contributed by atoms with E-state index in [9.17, 15) is 13.6 Å². The van der Waals surface area contributed by atoms with Crippen LogP contribution in [0.4, 0.5) is 14.5 Å². The van der Waals surface area contributed by atoms with Crippen molar-refractivity contribution < 1.29 is 13.6 Å². The van der Waals surface area contributed by atoms with Crippen molar-refractivity contribution in [2.45, 2.75) is 31.2 Å². The number of fused-ring (bicyclic) bond motifs is 1. The van der Waals surface area contributed by atoms with Gasteiger partial charge in [0.2, 0.25) is 5.91 Å². The first-order valence-corrected chi connectivity index (χ1v) is 8.19. The summed E-state index contributed by atoms with van der Waals surface area (Å²) >= 11 is 0. The minimum absolute atomic E-state index is 0. The van der Waals surface area contributed by atoms with Gasteiger partial charge < -0.3 is 10.6 Å². The molecule has 4 rings (SSSR count). The van der Waals surface area contributed by atoms with Crippen LogP contribution >= 0.6 is 12.4 Å². The van der Waals surface area contributed by atoms with Gasteiger partial charge in [-0.1, -0.05) is 24.3 Å². The van der Waals surface area contributed by atoms with Crippen LogP contribution in [0.5, 0.6) is 0 Å². The van der Waals surface area contributed by atoms with Gasteiger partial charge in [0.1, 0.15) is 11.6 Å². The Morgan fingerprint density at radius 3 is 2.60 bits per heavy atom. The molecule has 1 saturated carbocycles. The van der Waals surface area contributed by atoms with Crippen molar-refractivity contribution in [3.63, 3.8) is 0 Å². The fourth-order valence-corrected chi connectivity index (χ4v) is 3.47.